The van der Waals surface area contributed by atoms with Crippen molar-refractivity contribution in [2.45, 2.75) is 6.61 Å². The first-order chi connectivity index (χ1) is 7.77. The van der Waals surface area contributed by atoms with E-state index >= 15 is 0 Å². The molecule has 0 bridgehead atoms. The zero-order valence-electron chi connectivity index (χ0n) is 8.60. The highest BCUT2D eigenvalue weighted by atomic mass is 16.5. The minimum absolute atomic E-state index is 0.00106. The van der Waals surface area contributed by atoms with Gasteiger partial charge >= 0.3 is 0 Å². The minimum atomic E-state index is -0.00106. The SMILES string of the molecule is N=C(OCc1ccccc1)c1[nH]cnc1N. The van der Waals surface area contributed by atoms with E-state index in [1.165, 1.54) is 6.33 Å². The number of rotatable bonds is 3. The average molecular weight is 216 g/mol. The molecular weight excluding hydrogens is 204 g/mol. The Morgan fingerprint density at radius 3 is 2.75 bits per heavy atom. The molecular formula is C11H12N4O. The third-order valence-corrected chi connectivity index (χ3v) is 2.12. The highest BCUT2D eigenvalue weighted by Gasteiger charge is 2.09. The quantitative estimate of drug-likeness (QED) is 0.537. The van der Waals surface area contributed by atoms with E-state index in [2.05, 4.69) is 9.97 Å². The van der Waals surface area contributed by atoms with Crippen molar-refractivity contribution in [3.63, 3.8) is 0 Å². The Kier molecular flexibility index (Phi) is 2.86. The van der Waals surface area contributed by atoms with Crippen molar-refractivity contribution in [1.82, 2.24) is 9.97 Å². The third-order valence-electron chi connectivity index (χ3n) is 2.12. The molecule has 1 heterocycles. The van der Waals surface area contributed by atoms with Crippen LogP contribution >= 0.6 is 0 Å². The maximum absolute atomic E-state index is 7.66. The van der Waals surface area contributed by atoms with Crippen molar-refractivity contribution < 1.29 is 4.74 Å². The number of imidazole rings is 1. The molecule has 5 nitrogen and oxygen atoms in total. The molecule has 2 aromatic rings. The Hall–Kier alpha value is -2.30. The summed E-state index contributed by atoms with van der Waals surface area (Å²) in [6.45, 7) is 0.345. The first-order valence-corrected chi connectivity index (χ1v) is 4.82. The minimum Gasteiger partial charge on any atom is -0.472 e. The molecule has 0 aliphatic heterocycles. The van der Waals surface area contributed by atoms with Crippen molar-refractivity contribution in [3.05, 3.63) is 47.9 Å². The number of nitrogens with zero attached hydrogens (tertiary/aromatic N) is 1. The largest absolute Gasteiger partial charge is 0.472 e. The molecule has 2 rings (SSSR count). The van der Waals surface area contributed by atoms with Gasteiger partial charge in [0.1, 0.15) is 12.3 Å². The van der Waals surface area contributed by atoms with Gasteiger partial charge in [0.25, 0.3) is 0 Å². The number of nitrogens with one attached hydrogen (secondary N) is 2. The molecule has 0 saturated carbocycles. The maximum atomic E-state index is 7.66. The summed E-state index contributed by atoms with van der Waals surface area (Å²) >= 11 is 0. The second kappa shape index (κ2) is 4.48. The number of benzene rings is 1. The summed E-state index contributed by atoms with van der Waals surface area (Å²) in [6, 6.07) is 9.65. The first-order valence-electron chi connectivity index (χ1n) is 4.82. The summed E-state index contributed by atoms with van der Waals surface area (Å²) in [5, 5.41) is 7.66. The number of H-pyrrole nitrogens is 1. The van der Waals surface area contributed by atoms with Gasteiger partial charge in [0, 0.05) is 0 Å². The summed E-state index contributed by atoms with van der Waals surface area (Å²) in [7, 11) is 0. The van der Waals surface area contributed by atoms with E-state index in [-0.39, 0.29) is 11.7 Å². The standard InChI is InChI=1S/C11H12N4O/c12-10-9(14-7-15-10)11(13)16-6-8-4-2-1-3-5-8/h1-5,7,13H,6,12H2,(H,14,15). The van der Waals surface area contributed by atoms with Crippen LogP contribution in [0.15, 0.2) is 36.7 Å². The Bertz CT molecular complexity index is 478. The van der Waals surface area contributed by atoms with E-state index in [0.29, 0.717) is 12.3 Å². The lowest BCUT2D eigenvalue weighted by atomic mass is 10.2. The van der Waals surface area contributed by atoms with E-state index < -0.39 is 0 Å². The normalized spacial score (nSPS) is 10.0. The molecule has 1 aromatic heterocycles. The lowest BCUT2D eigenvalue weighted by Crippen LogP contribution is -2.08. The number of aromatic amines is 1. The van der Waals surface area contributed by atoms with Crippen LogP contribution in [0.25, 0.3) is 0 Å². The van der Waals surface area contributed by atoms with E-state index in [9.17, 15) is 0 Å². The van der Waals surface area contributed by atoms with Gasteiger partial charge in [0.2, 0.25) is 5.90 Å². The molecule has 0 fully saturated rings. The number of hydrogen-bond acceptors (Lipinski definition) is 4. The van der Waals surface area contributed by atoms with Crippen LogP contribution in [0.4, 0.5) is 5.82 Å². The van der Waals surface area contributed by atoms with Crippen molar-refractivity contribution in [1.29, 1.82) is 5.41 Å². The smallest absolute Gasteiger partial charge is 0.234 e. The molecule has 0 aliphatic carbocycles. The molecule has 0 unspecified atom stereocenters. The summed E-state index contributed by atoms with van der Waals surface area (Å²) in [5.74, 6) is 0.275. The van der Waals surface area contributed by atoms with Crippen LogP contribution in [0.3, 0.4) is 0 Å². The van der Waals surface area contributed by atoms with Crippen LogP contribution in [0.5, 0.6) is 0 Å². The van der Waals surface area contributed by atoms with E-state index in [1.807, 2.05) is 30.3 Å². The van der Waals surface area contributed by atoms with Crippen LogP contribution in [-0.2, 0) is 11.3 Å². The Balaban J connectivity index is 1.97. The molecule has 82 valence electrons. The molecule has 0 amide bonds. The molecule has 5 heteroatoms. The fraction of sp³-hybridized carbons (Fsp3) is 0.0909. The molecule has 16 heavy (non-hydrogen) atoms. The Morgan fingerprint density at radius 2 is 2.12 bits per heavy atom. The van der Waals surface area contributed by atoms with Crippen LogP contribution in [0.2, 0.25) is 0 Å². The lowest BCUT2D eigenvalue weighted by Gasteiger charge is -2.06. The monoisotopic (exact) mass is 216 g/mol. The van der Waals surface area contributed by atoms with Crippen LogP contribution in [0.1, 0.15) is 11.3 Å². The Labute approximate surface area is 92.8 Å². The van der Waals surface area contributed by atoms with Gasteiger partial charge < -0.3 is 15.5 Å². The lowest BCUT2D eigenvalue weighted by molar-refractivity contribution is 0.290. The van der Waals surface area contributed by atoms with Gasteiger partial charge in [-0.05, 0) is 5.56 Å². The van der Waals surface area contributed by atoms with Gasteiger partial charge in [-0.25, -0.2) is 4.98 Å². The van der Waals surface area contributed by atoms with E-state index in [0.717, 1.165) is 5.56 Å². The summed E-state index contributed by atoms with van der Waals surface area (Å²) in [5.41, 5.74) is 6.97. The van der Waals surface area contributed by atoms with Gasteiger partial charge in [-0.15, -0.1) is 0 Å². The number of nitrogen functional groups attached to an aromatic ring is 1. The topological polar surface area (TPSA) is 87.8 Å². The molecule has 0 saturated heterocycles. The second-order valence-electron chi connectivity index (χ2n) is 3.27. The van der Waals surface area contributed by atoms with Gasteiger partial charge in [-0.1, -0.05) is 30.3 Å². The van der Waals surface area contributed by atoms with Crippen molar-refractivity contribution in [3.8, 4) is 0 Å². The van der Waals surface area contributed by atoms with Crippen LogP contribution < -0.4 is 5.73 Å². The van der Waals surface area contributed by atoms with Gasteiger partial charge in [0.05, 0.1) is 6.33 Å². The summed E-state index contributed by atoms with van der Waals surface area (Å²) in [4.78, 5) is 6.55. The van der Waals surface area contributed by atoms with Crippen molar-refractivity contribution in [2.24, 2.45) is 0 Å². The van der Waals surface area contributed by atoms with Crippen molar-refractivity contribution >= 4 is 11.7 Å². The van der Waals surface area contributed by atoms with E-state index in [1.54, 1.807) is 0 Å². The summed E-state index contributed by atoms with van der Waals surface area (Å²) < 4.78 is 5.29. The first kappa shape index (κ1) is 10.2. The van der Waals surface area contributed by atoms with Gasteiger partial charge in [-0.2, -0.15) is 0 Å². The number of hydrogen-bond donors (Lipinski definition) is 3. The highest BCUT2D eigenvalue weighted by Crippen LogP contribution is 2.08. The fourth-order valence-corrected chi connectivity index (χ4v) is 1.29. The number of ether oxygens (including phenoxy) is 1. The summed E-state index contributed by atoms with van der Waals surface area (Å²) in [6.07, 6.45) is 1.44. The zero-order valence-corrected chi connectivity index (χ0v) is 8.60. The number of anilines is 1. The molecule has 0 radical (unpaired) electrons. The van der Waals surface area contributed by atoms with Crippen LogP contribution in [-0.4, -0.2) is 15.9 Å². The molecule has 0 atom stereocenters. The maximum Gasteiger partial charge on any atom is 0.234 e. The molecule has 0 aliphatic rings. The van der Waals surface area contributed by atoms with Gasteiger partial charge in [-0.3, -0.25) is 5.41 Å². The van der Waals surface area contributed by atoms with Crippen LogP contribution in [0, 0.1) is 5.41 Å². The predicted molar refractivity (Wildman–Crippen MR) is 61.1 cm³/mol. The molecule has 1 aromatic carbocycles. The number of aromatic nitrogens is 2. The Morgan fingerprint density at radius 1 is 1.38 bits per heavy atom. The predicted octanol–water partition coefficient (Wildman–Crippen LogP) is 1.53. The third kappa shape index (κ3) is 2.20. The molecule has 4 N–H and O–H groups in total. The van der Waals surface area contributed by atoms with Crippen molar-refractivity contribution in [2.75, 3.05) is 5.73 Å². The number of nitrogens with two attached hydrogens (primary N) is 1. The zero-order chi connectivity index (χ0) is 11.4. The van der Waals surface area contributed by atoms with E-state index in [4.69, 9.17) is 15.9 Å². The highest BCUT2D eigenvalue weighted by molar-refractivity contribution is 5.93. The average Bonchev–Trinajstić information content (AvgIpc) is 2.74. The second-order valence-corrected chi connectivity index (χ2v) is 3.27. The van der Waals surface area contributed by atoms with Gasteiger partial charge in [0.15, 0.2) is 5.82 Å². The molecule has 0 spiro atoms. The fourth-order valence-electron chi connectivity index (χ4n) is 1.29.